The molecule has 0 fully saturated rings. The Bertz CT molecular complexity index is 648. The van der Waals surface area contributed by atoms with E-state index in [1.165, 1.54) is 11.1 Å². The molecule has 23 heavy (non-hydrogen) atoms. The fourth-order valence-corrected chi connectivity index (χ4v) is 2.93. The molecule has 1 amide bonds. The van der Waals surface area contributed by atoms with Gasteiger partial charge in [-0.3, -0.25) is 4.79 Å². The Hall–Kier alpha value is -1.61. The summed E-state index contributed by atoms with van der Waals surface area (Å²) < 4.78 is 1.02. The number of carbonyl (C=O) groups is 1. The first-order chi connectivity index (χ1) is 10.9. The highest BCUT2D eigenvalue weighted by Crippen LogP contribution is 2.32. The molecule has 0 aliphatic rings. The second kappa shape index (κ2) is 7.78. The van der Waals surface area contributed by atoms with Crippen LogP contribution in [0.1, 0.15) is 56.2 Å². The minimum Gasteiger partial charge on any atom is -0.325 e. The highest BCUT2D eigenvalue weighted by molar-refractivity contribution is 9.10. The lowest BCUT2D eigenvalue weighted by atomic mass is 9.92. The quantitative estimate of drug-likeness (QED) is 0.696. The number of benzene rings is 2. The lowest BCUT2D eigenvalue weighted by Gasteiger charge is -2.20. The van der Waals surface area contributed by atoms with Crippen molar-refractivity contribution in [3.63, 3.8) is 0 Å². The maximum absolute atomic E-state index is 12.5. The monoisotopic (exact) mass is 373 g/mol. The Balaban J connectivity index is 2.24. The van der Waals surface area contributed by atoms with E-state index in [1.54, 1.807) is 0 Å². The average Bonchev–Trinajstić information content (AvgIpc) is 2.49. The van der Waals surface area contributed by atoms with Gasteiger partial charge in [-0.2, -0.15) is 0 Å². The Morgan fingerprint density at radius 3 is 1.96 bits per heavy atom. The number of amides is 1. The first-order valence-electron chi connectivity index (χ1n) is 8.05. The van der Waals surface area contributed by atoms with Gasteiger partial charge in [0.2, 0.25) is 5.91 Å². The van der Waals surface area contributed by atoms with Crippen LogP contribution in [0.4, 0.5) is 5.69 Å². The molecule has 0 saturated carbocycles. The summed E-state index contributed by atoms with van der Waals surface area (Å²) in [4.78, 5) is 12.5. The van der Waals surface area contributed by atoms with Gasteiger partial charge < -0.3 is 5.32 Å². The van der Waals surface area contributed by atoms with E-state index >= 15 is 0 Å². The van der Waals surface area contributed by atoms with Crippen LogP contribution in [0.2, 0.25) is 0 Å². The van der Waals surface area contributed by atoms with Gasteiger partial charge in [-0.05, 0) is 40.7 Å². The molecular formula is C20H24BrNO. The van der Waals surface area contributed by atoms with Crippen LogP contribution in [0.5, 0.6) is 0 Å². The molecule has 0 aliphatic carbocycles. The number of hydrogen-bond acceptors (Lipinski definition) is 1. The zero-order valence-corrected chi connectivity index (χ0v) is 15.8. The lowest BCUT2D eigenvalue weighted by molar-refractivity contribution is -0.115. The summed E-state index contributed by atoms with van der Waals surface area (Å²) in [7, 11) is 0. The van der Waals surface area contributed by atoms with Crippen molar-refractivity contribution in [2.24, 2.45) is 0 Å². The Morgan fingerprint density at radius 2 is 1.48 bits per heavy atom. The van der Waals surface area contributed by atoms with Gasteiger partial charge in [-0.15, -0.1) is 0 Å². The third-order valence-corrected chi connectivity index (χ3v) is 4.44. The molecule has 2 aromatic rings. The van der Waals surface area contributed by atoms with Crippen LogP contribution in [-0.4, -0.2) is 5.91 Å². The summed E-state index contributed by atoms with van der Waals surface area (Å²) in [5.74, 6) is 0.774. The second-order valence-corrected chi connectivity index (χ2v) is 7.39. The molecule has 0 aliphatic heterocycles. The van der Waals surface area contributed by atoms with Gasteiger partial charge >= 0.3 is 0 Å². The number of para-hydroxylation sites is 1. The molecule has 2 nitrogen and oxygen atoms in total. The maximum Gasteiger partial charge on any atom is 0.228 e. The number of rotatable bonds is 5. The molecule has 0 heterocycles. The first-order valence-corrected chi connectivity index (χ1v) is 8.85. The lowest BCUT2D eigenvalue weighted by Crippen LogP contribution is -2.17. The third kappa shape index (κ3) is 4.68. The maximum atomic E-state index is 12.5. The smallest absolute Gasteiger partial charge is 0.228 e. The van der Waals surface area contributed by atoms with Crippen molar-refractivity contribution < 1.29 is 4.79 Å². The molecule has 0 aromatic heterocycles. The summed E-state index contributed by atoms with van der Waals surface area (Å²) in [6, 6.07) is 14.2. The zero-order chi connectivity index (χ0) is 17.0. The largest absolute Gasteiger partial charge is 0.325 e. The Kier molecular flexibility index (Phi) is 6.00. The van der Waals surface area contributed by atoms with Crippen LogP contribution in [0, 0.1) is 0 Å². The van der Waals surface area contributed by atoms with Gasteiger partial charge in [0.15, 0.2) is 0 Å². The molecule has 0 bridgehead atoms. The van der Waals surface area contributed by atoms with Crippen molar-refractivity contribution >= 4 is 27.5 Å². The van der Waals surface area contributed by atoms with Gasteiger partial charge in [0.05, 0.1) is 6.42 Å². The van der Waals surface area contributed by atoms with Crippen LogP contribution in [-0.2, 0) is 11.2 Å². The van der Waals surface area contributed by atoms with E-state index < -0.39 is 0 Å². The number of nitrogens with one attached hydrogen (secondary N) is 1. The predicted molar refractivity (Wildman–Crippen MR) is 101 cm³/mol. The predicted octanol–water partition coefficient (Wildman–Crippen LogP) is 5.88. The molecule has 2 aromatic carbocycles. The fraction of sp³-hybridized carbons (Fsp3) is 0.350. The summed E-state index contributed by atoms with van der Waals surface area (Å²) in [5.41, 5.74) is 4.39. The van der Waals surface area contributed by atoms with E-state index in [0.29, 0.717) is 18.3 Å². The van der Waals surface area contributed by atoms with E-state index in [4.69, 9.17) is 0 Å². The van der Waals surface area contributed by atoms with Crippen LogP contribution < -0.4 is 5.32 Å². The highest BCUT2D eigenvalue weighted by atomic mass is 79.9. The van der Waals surface area contributed by atoms with Crippen LogP contribution >= 0.6 is 15.9 Å². The van der Waals surface area contributed by atoms with Gasteiger partial charge in [0.1, 0.15) is 0 Å². The van der Waals surface area contributed by atoms with Crippen molar-refractivity contribution in [3.05, 3.63) is 63.6 Å². The normalized spacial score (nSPS) is 11.1. The minimum absolute atomic E-state index is 0.0299. The van der Waals surface area contributed by atoms with Crippen molar-refractivity contribution in [3.8, 4) is 0 Å². The van der Waals surface area contributed by atoms with Gasteiger partial charge in [0, 0.05) is 10.2 Å². The number of halogens is 1. The van der Waals surface area contributed by atoms with Gasteiger partial charge in [-0.25, -0.2) is 0 Å². The SMILES string of the molecule is CC(C)c1cccc(C(C)C)c1NC(=O)Cc1ccc(Br)cc1. The number of hydrogen-bond donors (Lipinski definition) is 1. The Morgan fingerprint density at radius 1 is 0.957 bits per heavy atom. The molecule has 2 rings (SSSR count). The van der Waals surface area contributed by atoms with Crippen molar-refractivity contribution in [1.29, 1.82) is 0 Å². The molecule has 0 unspecified atom stereocenters. The molecule has 0 atom stereocenters. The third-order valence-electron chi connectivity index (χ3n) is 3.92. The van der Waals surface area contributed by atoms with E-state index in [-0.39, 0.29) is 5.91 Å². The topological polar surface area (TPSA) is 29.1 Å². The molecule has 0 spiro atoms. The molecule has 1 N–H and O–H groups in total. The van der Waals surface area contributed by atoms with E-state index in [9.17, 15) is 4.79 Å². The summed E-state index contributed by atoms with van der Waals surface area (Å²) in [6.45, 7) is 8.63. The fourth-order valence-electron chi connectivity index (χ4n) is 2.67. The van der Waals surface area contributed by atoms with Crippen LogP contribution in [0.25, 0.3) is 0 Å². The van der Waals surface area contributed by atoms with Crippen LogP contribution in [0.3, 0.4) is 0 Å². The van der Waals surface area contributed by atoms with Gasteiger partial charge in [0.25, 0.3) is 0 Å². The molecule has 0 saturated heterocycles. The molecule has 122 valence electrons. The zero-order valence-electron chi connectivity index (χ0n) is 14.2. The second-order valence-electron chi connectivity index (χ2n) is 6.47. The van der Waals surface area contributed by atoms with E-state index in [2.05, 4.69) is 67.1 Å². The molecule has 0 radical (unpaired) electrons. The van der Waals surface area contributed by atoms with Crippen LogP contribution in [0.15, 0.2) is 46.9 Å². The van der Waals surface area contributed by atoms with E-state index in [1.807, 2.05) is 24.3 Å². The van der Waals surface area contributed by atoms with Crippen molar-refractivity contribution in [1.82, 2.24) is 0 Å². The first kappa shape index (κ1) is 17.7. The Labute approximate surface area is 147 Å². The van der Waals surface area contributed by atoms with E-state index in [0.717, 1.165) is 15.7 Å². The highest BCUT2D eigenvalue weighted by Gasteiger charge is 2.16. The summed E-state index contributed by atoms with van der Waals surface area (Å²) in [5, 5.41) is 3.15. The number of anilines is 1. The van der Waals surface area contributed by atoms with Gasteiger partial charge in [-0.1, -0.05) is 74.0 Å². The number of carbonyl (C=O) groups excluding carboxylic acids is 1. The summed E-state index contributed by atoms with van der Waals surface area (Å²) in [6.07, 6.45) is 0.386. The standard InChI is InChI=1S/C20H24BrNO/c1-13(2)17-6-5-7-18(14(3)4)20(17)22-19(23)12-15-8-10-16(21)11-9-15/h5-11,13-14H,12H2,1-4H3,(H,22,23). The van der Waals surface area contributed by atoms with Crippen molar-refractivity contribution in [2.75, 3.05) is 5.32 Å². The average molecular weight is 374 g/mol. The minimum atomic E-state index is 0.0299. The molecular weight excluding hydrogens is 350 g/mol. The summed E-state index contributed by atoms with van der Waals surface area (Å²) >= 11 is 3.42. The molecule has 3 heteroatoms. The van der Waals surface area contributed by atoms with Crippen molar-refractivity contribution in [2.45, 2.75) is 46.0 Å².